The van der Waals surface area contributed by atoms with Crippen LogP contribution in [0.1, 0.15) is 23.0 Å². The fraction of sp³-hybridized carbons (Fsp3) is 0.214. The first-order valence-electron chi connectivity index (χ1n) is 6.01. The minimum atomic E-state index is -0.0915. The van der Waals surface area contributed by atoms with Crippen molar-refractivity contribution in [2.75, 3.05) is 12.3 Å². The lowest BCUT2D eigenvalue weighted by Crippen LogP contribution is -2.23. The molecule has 1 amide bonds. The third-order valence-corrected chi connectivity index (χ3v) is 3.82. The number of carbonyl (C=O) groups is 1. The lowest BCUT2D eigenvalue weighted by molar-refractivity contribution is 0.0953. The number of nitrogen functional groups attached to an aromatic ring is 1. The van der Waals surface area contributed by atoms with Gasteiger partial charge in [-0.1, -0.05) is 11.8 Å². The number of furan rings is 1. The molecule has 0 aliphatic heterocycles. The van der Waals surface area contributed by atoms with Crippen LogP contribution in [0.2, 0.25) is 0 Å². The third kappa shape index (κ3) is 3.12. The number of anilines is 1. The minimum Gasteiger partial charge on any atom is -0.468 e. The Morgan fingerprint density at radius 2 is 2.16 bits per heavy atom. The molecule has 1 aromatic heterocycles. The zero-order valence-corrected chi connectivity index (χ0v) is 11.7. The Morgan fingerprint density at radius 3 is 2.79 bits per heavy atom. The predicted octanol–water partition coefficient (Wildman–Crippen LogP) is 3.07. The van der Waals surface area contributed by atoms with Gasteiger partial charge in [-0.15, -0.1) is 0 Å². The van der Waals surface area contributed by atoms with E-state index in [1.54, 1.807) is 18.4 Å². The Morgan fingerprint density at radius 1 is 1.37 bits per heavy atom. The molecule has 0 aliphatic carbocycles. The average Bonchev–Trinajstić information content (AvgIpc) is 2.75. The Bertz CT molecular complexity index is 593. The highest BCUT2D eigenvalue weighted by Crippen LogP contribution is 2.34. The molecule has 4 nitrogen and oxygen atoms in total. The quantitative estimate of drug-likeness (QED) is 0.842. The summed E-state index contributed by atoms with van der Waals surface area (Å²) in [5.41, 5.74) is 7.06. The van der Waals surface area contributed by atoms with Gasteiger partial charge < -0.3 is 15.5 Å². The Kier molecular flexibility index (Phi) is 4.16. The first-order valence-corrected chi connectivity index (χ1v) is 6.83. The van der Waals surface area contributed by atoms with Crippen molar-refractivity contribution in [3.05, 3.63) is 41.9 Å². The Balaban J connectivity index is 2.35. The zero-order chi connectivity index (χ0) is 13.8. The SMILES string of the molecule is CCNC(=O)c1ccc(N)cc1Sc1ccoc1C. The molecule has 100 valence electrons. The van der Waals surface area contributed by atoms with E-state index in [0.29, 0.717) is 17.8 Å². The Hall–Kier alpha value is -1.88. The number of benzene rings is 1. The van der Waals surface area contributed by atoms with Crippen molar-refractivity contribution in [1.82, 2.24) is 5.32 Å². The van der Waals surface area contributed by atoms with Gasteiger partial charge in [0.15, 0.2) is 0 Å². The molecule has 5 heteroatoms. The van der Waals surface area contributed by atoms with E-state index in [2.05, 4.69) is 5.32 Å². The molecular formula is C14H16N2O2S. The fourth-order valence-corrected chi connectivity index (χ4v) is 2.68. The van der Waals surface area contributed by atoms with E-state index in [1.165, 1.54) is 11.8 Å². The van der Waals surface area contributed by atoms with E-state index in [4.69, 9.17) is 10.2 Å². The van der Waals surface area contributed by atoms with Gasteiger partial charge in [0.25, 0.3) is 5.91 Å². The second-order valence-corrected chi connectivity index (χ2v) is 5.14. The average molecular weight is 276 g/mol. The van der Waals surface area contributed by atoms with Gasteiger partial charge in [0.1, 0.15) is 5.76 Å². The van der Waals surface area contributed by atoms with Crippen LogP contribution in [0.15, 0.2) is 44.7 Å². The normalized spacial score (nSPS) is 10.4. The number of hydrogen-bond donors (Lipinski definition) is 2. The smallest absolute Gasteiger partial charge is 0.252 e. The third-order valence-electron chi connectivity index (χ3n) is 2.62. The van der Waals surface area contributed by atoms with Crippen molar-refractivity contribution >= 4 is 23.4 Å². The van der Waals surface area contributed by atoms with E-state index in [9.17, 15) is 4.79 Å². The maximum absolute atomic E-state index is 12.0. The number of aryl methyl sites for hydroxylation is 1. The number of nitrogens with one attached hydrogen (secondary N) is 1. The van der Waals surface area contributed by atoms with Crippen LogP contribution in [0.4, 0.5) is 5.69 Å². The molecule has 0 aliphatic rings. The number of amides is 1. The van der Waals surface area contributed by atoms with Gasteiger partial charge in [-0.25, -0.2) is 0 Å². The highest BCUT2D eigenvalue weighted by atomic mass is 32.2. The molecule has 0 fully saturated rings. The van der Waals surface area contributed by atoms with Gasteiger partial charge >= 0.3 is 0 Å². The monoisotopic (exact) mass is 276 g/mol. The molecule has 3 N–H and O–H groups in total. The summed E-state index contributed by atoms with van der Waals surface area (Å²) in [6.45, 7) is 4.38. The van der Waals surface area contributed by atoms with Gasteiger partial charge in [0.05, 0.1) is 16.7 Å². The largest absolute Gasteiger partial charge is 0.468 e. The van der Waals surface area contributed by atoms with Crippen LogP contribution in [-0.4, -0.2) is 12.5 Å². The lowest BCUT2D eigenvalue weighted by atomic mass is 10.2. The summed E-state index contributed by atoms with van der Waals surface area (Å²) >= 11 is 1.48. The molecule has 0 atom stereocenters. The van der Waals surface area contributed by atoms with E-state index >= 15 is 0 Å². The van der Waals surface area contributed by atoms with Crippen LogP contribution in [0, 0.1) is 6.92 Å². The van der Waals surface area contributed by atoms with Gasteiger partial charge in [0, 0.05) is 17.1 Å². The molecule has 19 heavy (non-hydrogen) atoms. The zero-order valence-electron chi connectivity index (χ0n) is 10.9. The van der Waals surface area contributed by atoms with Gasteiger partial charge in [-0.2, -0.15) is 0 Å². The van der Waals surface area contributed by atoms with Crippen molar-refractivity contribution in [1.29, 1.82) is 0 Å². The molecule has 2 rings (SSSR count). The summed E-state index contributed by atoms with van der Waals surface area (Å²) in [4.78, 5) is 13.8. The molecule has 0 radical (unpaired) electrons. The molecule has 0 bridgehead atoms. The molecule has 1 aromatic carbocycles. The molecule has 2 aromatic rings. The Labute approximate surface area is 116 Å². The van der Waals surface area contributed by atoms with Crippen LogP contribution >= 0.6 is 11.8 Å². The molecule has 0 unspecified atom stereocenters. The summed E-state index contributed by atoms with van der Waals surface area (Å²) in [7, 11) is 0. The summed E-state index contributed by atoms with van der Waals surface area (Å²) < 4.78 is 5.26. The van der Waals surface area contributed by atoms with Crippen molar-refractivity contribution in [3.63, 3.8) is 0 Å². The highest BCUT2D eigenvalue weighted by Gasteiger charge is 2.13. The van der Waals surface area contributed by atoms with E-state index < -0.39 is 0 Å². The number of rotatable bonds is 4. The van der Waals surface area contributed by atoms with Crippen LogP contribution in [0.3, 0.4) is 0 Å². The second kappa shape index (κ2) is 5.84. The number of nitrogens with two attached hydrogens (primary N) is 1. The van der Waals surface area contributed by atoms with Crippen molar-refractivity contribution in [2.45, 2.75) is 23.6 Å². The van der Waals surface area contributed by atoms with Gasteiger partial charge in [-0.3, -0.25) is 4.79 Å². The first kappa shape index (κ1) is 13.5. The van der Waals surface area contributed by atoms with Crippen molar-refractivity contribution in [3.8, 4) is 0 Å². The fourth-order valence-electron chi connectivity index (χ4n) is 1.66. The molecular weight excluding hydrogens is 260 g/mol. The molecule has 0 saturated carbocycles. The highest BCUT2D eigenvalue weighted by molar-refractivity contribution is 7.99. The first-order chi connectivity index (χ1) is 9.11. The second-order valence-electron chi connectivity index (χ2n) is 4.06. The summed E-state index contributed by atoms with van der Waals surface area (Å²) in [6, 6.07) is 7.17. The summed E-state index contributed by atoms with van der Waals surface area (Å²) in [5.74, 6) is 0.737. The van der Waals surface area contributed by atoms with Crippen LogP contribution in [-0.2, 0) is 0 Å². The number of hydrogen-bond acceptors (Lipinski definition) is 4. The maximum atomic E-state index is 12.0. The van der Waals surface area contributed by atoms with Crippen LogP contribution < -0.4 is 11.1 Å². The number of carbonyl (C=O) groups excluding carboxylic acids is 1. The van der Waals surface area contributed by atoms with Gasteiger partial charge in [-0.05, 0) is 38.1 Å². The van der Waals surface area contributed by atoms with E-state index in [1.807, 2.05) is 26.0 Å². The van der Waals surface area contributed by atoms with Crippen LogP contribution in [0.5, 0.6) is 0 Å². The molecule has 1 heterocycles. The topological polar surface area (TPSA) is 68.3 Å². The van der Waals surface area contributed by atoms with Crippen molar-refractivity contribution in [2.24, 2.45) is 0 Å². The summed E-state index contributed by atoms with van der Waals surface area (Å²) in [5, 5.41) is 2.80. The maximum Gasteiger partial charge on any atom is 0.252 e. The van der Waals surface area contributed by atoms with Crippen LogP contribution in [0.25, 0.3) is 0 Å². The predicted molar refractivity (Wildman–Crippen MR) is 76.4 cm³/mol. The van der Waals surface area contributed by atoms with Gasteiger partial charge in [0.2, 0.25) is 0 Å². The van der Waals surface area contributed by atoms with E-state index in [-0.39, 0.29) is 5.91 Å². The standard InChI is InChI=1S/C14H16N2O2S/c1-3-16-14(17)11-5-4-10(15)8-13(11)19-12-6-7-18-9(12)2/h4-8H,3,15H2,1-2H3,(H,16,17). The minimum absolute atomic E-state index is 0.0915. The van der Waals surface area contributed by atoms with Crippen molar-refractivity contribution < 1.29 is 9.21 Å². The summed E-state index contributed by atoms with van der Waals surface area (Å²) in [6.07, 6.45) is 1.63. The molecule has 0 spiro atoms. The van der Waals surface area contributed by atoms with E-state index in [0.717, 1.165) is 15.6 Å². The lowest BCUT2D eigenvalue weighted by Gasteiger charge is -2.09. The molecule has 0 saturated heterocycles.